The third-order valence-corrected chi connectivity index (χ3v) is 3.24. The zero-order valence-corrected chi connectivity index (χ0v) is 12.2. The molecule has 0 spiro atoms. The lowest BCUT2D eigenvalue weighted by Gasteiger charge is -2.14. The van der Waals surface area contributed by atoms with E-state index in [1.165, 1.54) is 0 Å². The molecular formula is C15H20N2OS. The molecular weight excluding hydrogens is 256 g/mol. The molecule has 0 heterocycles. The van der Waals surface area contributed by atoms with E-state index in [9.17, 15) is 4.79 Å². The maximum Gasteiger partial charge on any atom is 0.221 e. The molecule has 0 aliphatic carbocycles. The van der Waals surface area contributed by atoms with E-state index in [-0.39, 0.29) is 11.9 Å². The summed E-state index contributed by atoms with van der Waals surface area (Å²) in [6, 6.07) is 7.86. The lowest BCUT2D eigenvalue weighted by atomic mass is 10.1. The predicted octanol–water partition coefficient (Wildman–Crippen LogP) is 1.93. The predicted molar refractivity (Wildman–Crippen MR) is 81.9 cm³/mol. The van der Waals surface area contributed by atoms with Crippen molar-refractivity contribution in [3.63, 3.8) is 0 Å². The molecule has 1 aromatic carbocycles. The van der Waals surface area contributed by atoms with Crippen LogP contribution in [0.5, 0.6) is 0 Å². The maximum absolute atomic E-state index is 11.7. The highest BCUT2D eigenvalue weighted by Gasteiger charge is 2.09. The molecule has 0 saturated carbocycles. The normalized spacial score (nSPS) is 11.3. The lowest BCUT2D eigenvalue weighted by molar-refractivity contribution is -0.121. The molecule has 0 fully saturated rings. The van der Waals surface area contributed by atoms with E-state index < -0.39 is 0 Å². The van der Waals surface area contributed by atoms with Crippen LogP contribution in [0.2, 0.25) is 0 Å². The Kier molecular flexibility index (Phi) is 7.09. The highest BCUT2D eigenvalue weighted by molar-refractivity contribution is 7.98. The van der Waals surface area contributed by atoms with Crippen LogP contribution >= 0.6 is 11.8 Å². The number of hydrogen-bond donors (Lipinski definition) is 2. The molecule has 0 bridgehead atoms. The molecule has 1 atom stereocenters. The number of rotatable bonds is 5. The van der Waals surface area contributed by atoms with E-state index in [0.717, 1.165) is 16.9 Å². The summed E-state index contributed by atoms with van der Waals surface area (Å²) in [5, 5.41) is 2.99. The quantitative estimate of drug-likeness (QED) is 0.808. The van der Waals surface area contributed by atoms with E-state index in [4.69, 9.17) is 5.73 Å². The van der Waals surface area contributed by atoms with E-state index in [0.29, 0.717) is 13.0 Å². The molecule has 0 aliphatic heterocycles. The van der Waals surface area contributed by atoms with Crippen molar-refractivity contribution in [2.75, 3.05) is 18.6 Å². The van der Waals surface area contributed by atoms with E-state index in [2.05, 4.69) is 17.2 Å². The number of amides is 1. The Labute approximate surface area is 119 Å². The average Bonchev–Trinajstić information content (AvgIpc) is 2.43. The highest BCUT2D eigenvalue weighted by Crippen LogP contribution is 2.14. The first-order valence-corrected chi connectivity index (χ1v) is 7.64. The van der Waals surface area contributed by atoms with Gasteiger partial charge in [-0.3, -0.25) is 4.79 Å². The monoisotopic (exact) mass is 276 g/mol. The van der Waals surface area contributed by atoms with Crippen molar-refractivity contribution in [2.24, 2.45) is 5.73 Å². The summed E-state index contributed by atoms with van der Waals surface area (Å²) in [5.74, 6) is 6.75. The fourth-order valence-electron chi connectivity index (χ4n) is 1.63. The largest absolute Gasteiger partial charge is 0.350 e. The highest BCUT2D eigenvalue weighted by atomic mass is 32.2. The third kappa shape index (κ3) is 5.82. The number of benzene rings is 1. The van der Waals surface area contributed by atoms with Crippen LogP contribution in [0, 0.1) is 11.8 Å². The Hall–Kier alpha value is -1.44. The van der Waals surface area contributed by atoms with Crippen molar-refractivity contribution in [2.45, 2.75) is 19.4 Å². The van der Waals surface area contributed by atoms with Crippen LogP contribution < -0.4 is 11.1 Å². The second-order valence-corrected chi connectivity index (χ2v) is 5.15. The summed E-state index contributed by atoms with van der Waals surface area (Å²) in [6.07, 6.45) is 2.55. The number of nitrogens with two attached hydrogens (primary N) is 1. The van der Waals surface area contributed by atoms with Crippen molar-refractivity contribution >= 4 is 17.7 Å². The molecule has 4 heteroatoms. The van der Waals surface area contributed by atoms with E-state index in [1.807, 2.05) is 37.4 Å². The van der Waals surface area contributed by atoms with Crippen molar-refractivity contribution in [3.05, 3.63) is 35.4 Å². The van der Waals surface area contributed by atoms with Gasteiger partial charge < -0.3 is 11.1 Å². The molecule has 1 unspecified atom stereocenters. The summed E-state index contributed by atoms with van der Waals surface area (Å²) in [7, 11) is 0. The second kappa shape index (κ2) is 8.63. The van der Waals surface area contributed by atoms with Gasteiger partial charge in [0.15, 0.2) is 0 Å². The van der Waals surface area contributed by atoms with E-state index >= 15 is 0 Å². The summed E-state index contributed by atoms with van der Waals surface area (Å²) in [5.41, 5.74) is 7.34. The minimum atomic E-state index is -0.00557. The Bertz CT molecular complexity index is 477. The summed E-state index contributed by atoms with van der Waals surface area (Å²) < 4.78 is 0. The van der Waals surface area contributed by atoms with Crippen LogP contribution in [0.1, 0.15) is 30.5 Å². The van der Waals surface area contributed by atoms with Crippen LogP contribution in [-0.2, 0) is 4.79 Å². The summed E-state index contributed by atoms with van der Waals surface area (Å²) >= 11 is 1.67. The molecule has 0 radical (unpaired) electrons. The Morgan fingerprint density at radius 1 is 1.53 bits per heavy atom. The van der Waals surface area contributed by atoms with Crippen LogP contribution in [-0.4, -0.2) is 24.5 Å². The number of carbonyl (C=O) groups is 1. The van der Waals surface area contributed by atoms with Gasteiger partial charge in [0.25, 0.3) is 0 Å². The molecule has 1 amide bonds. The molecule has 0 saturated heterocycles. The third-order valence-electron chi connectivity index (χ3n) is 2.63. The SMILES string of the molecule is CSCCC(=O)NC(C)c1cccc(C#CCN)c1. The maximum atomic E-state index is 11.7. The first-order chi connectivity index (χ1) is 9.17. The Balaban J connectivity index is 2.66. The van der Waals surface area contributed by atoms with Crippen molar-refractivity contribution in [1.82, 2.24) is 5.32 Å². The van der Waals surface area contributed by atoms with Gasteiger partial charge in [0, 0.05) is 17.7 Å². The molecule has 19 heavy (non-hydrogen) atoms. The van der Waals surface area contributed by atoms with Gasteiger partial charge in [0.1, 0.15) is 0 Å². The number of nitrogens with one attached hydrogen (secondary N) is 1. The summed E-state index contributed by atoms with van der Waals surface area (Å²) in [4.78, 5) is 11.7. The summed E-state index contributed by atoms with van der Waals surface area (Å²) in [6.45, 7) is 2.33. The van der Waals surface area contributed by atoms with Gasteiger partial charge in [-0.15, -0.1) is 0 Å². The van der Waals surface area contributed by atoms with E-state index in [1.54, 1.807) is 11.8 Å². The minimum Gasteiger partial charge on any atom is -0.350 e. The molecule has 1 aromatic rings. The molecule has 1 rings (SSSR count). The van der Waals surface area contributed by atoms with Crippen LogP contribution in [0.25, 0.3) is 0 Å². The standard InChI is InChI=1S/C15H20N2OS/c1-12(17-15(18)8-10-19-2)14-7-3-5-13(11-14)6-4-9-16/h3,5,7,11-12H,8-10,16H2,1-2H3,(H,17,18). The first-order valence-electron chi connectivity index (χ1n) is 6.24. The molecule has 0 aliphatic rings. The Morgan fingerprint density at radius 3 is 3.00 bits per heavy atom. The molecule has 0 aromatic heterocycles. The fourth-order valence-corrected chi connectivity index (χ4v) is 2.02. The number of carbonyl (C=O) groups excluding carboxylic acids is 1. The average molecular weight is 276 g/mol. The molecule has 3 nitrogen and oxygen atoms in total. The topological polar surface area (TPSA) is 55.1 Å². The molecule has 3 N–H and O–H groups in total. The van der Waals surface area contributed by atoms with Gasteiger partial charge in [-0.25, -0.2) is 0 Å². The van der Waals surface area contributed by atoms with Gasteiger partial charge in [-0.2, -0.15) is 11.8 Å². The minimum absolute atomic E-state index is 0.00557. The first kappa shape index (κ1) is 15.6. The fraction of sp³-hybridized carbons (Fsp3) is 0.400. The smallest absolute Gasteiger partial charge is 0.221 e. The lowest BCUT2D eigenvalue weighted by Crippen LogP contribution is -2.26. The second-order valence-electron chi connectivity index (χ2n) is 4.16. The van der Waals surface area contributed by atoms with Gasteiger partial charge in [0.2, 0.25) is 5.91 Å². The van der Waals surface area contributed by atoms with Crippen LogP contribution in [0.15, 0.2) is 24.3 Å². The van der Waals surface area contributed by atoms with Crippen molar-refractivity contribution in [1.29, 1.82) is 0 Å². The zero-order valence-electron chi connectivity index (χ0n) is 11.4. The van der Waals surface area contributed by atoms with Crippen molar-refractivity contribution < 1.29 is 4.79 Å². The number of hydrogen-bond acceptors (Lipinski definition) is 3. The zero-order chi connectivity index (χ0) is 14.1. The van der Waals surface area contributed by atoms with Crippen LogP contribution in [0.4, 0.5) is 0 Å². The van der Waals surface area contributed by atoms with Gasteiger partial charge in [-0.1, -0.05) is 24.0 Å². The van der Waals surface area contributed by atoms with Gasteiger partial charge >= 0.3 is 0 Å². The van der Waals surface area contributed by atoms with Crippen LogP contribution in [0.3, 0.4) is 0 Å². The van der Waals surface area contributed by atoms with Crippen molar-refractivity contribution in [3.8, 4) is 11.8 Å². The van der Waals surface area contributed by atoms with Gasteiger partial charge in [-0.05, 0) is 30.9 Å². The number of thioether (sulfide) groups is 1. The Morgan fingerprint density at radius 2 is 2.32 bits per heavy atom. The molecule has 102 valence electrons. The van der Waals surface area contributed by atoms with Gasteiger partial charge in [0.05, 0.1) is 12.6 Å².